The Hall–Kier alpha value is -1.71. The van der Waals surface area contributed by atoms with E-state index in [2.05, 4.69) is 5.32 Å². The molecule has 2 rings (SSSR count). The quantitative estimate of drug-likeness (QED) is 0.638. The highest BCUT2D eigenvalue weighted by molar-refractivity contribution is 5.98. The van der Waals surface area contributed by atoms with Crippen LogP contribution in [0.25, 0.3) is 0 Å². The van der Waals surface area contributed by atoms with Crippen LogP contribution in [0.15, 0.2) is 18.2 Å². The second kappa shape index (κ2) is 7.17. The third-order valence-electron chi connectivity index (χ3n) is 3.88. The van der Waals surface area contributed by atoms with Crippen LogP contribution in [-0.2, 0) is 4.74 Å². The van der Waals surface area contributed by atoms with Crippen LogP contribution in [0, 0.1) is 5.92 Å². The molecule has 1 aliphatic rings. The van der Waals surface area contributed by atoms with Gasteiger partial charge in [0, 0.05) is 6.54 Å². The Balaban J connectivity index is 2.06. The number of esters is 1. The second-order valence-corrected chi connectivity index (χ2v) is 5.38. The molecule has 1 aromatic rings. The number of benzene rings is 1. The van der Waals surface area contributed by atoms with E-state index in [1.54, 1.807) is 19.1 Å². The number of nitrogen functional groups attached to an aromatic ring is 1. The summed E-state index contributed by atoms with van der Waals surface area (Å²) in [5, 5.41) is 3.36. The molecule has 4 heteroatoms. The van der Waals surface area contributed by atoms with Crippen molar-refractivity contribution in [1.82, 2.24) is 0 Å². The molecule has 0 saturated heterocycles. The Morgan fingerprint density at radius 1 is 1.35 bits per heavy atom. The van der Waals surface area contributed by atoms with E-state index in [0.29, 0.717) is 23.8 Å². The minimum Gasteiger partial charge on any atom is -0.462 e. The summed E-state index contributed by atoms with van der Waals surface area (Å²) in [6, 6.07) is 5.36. The highest BCUT2D eigenvalue weighted by Gasteiger charge is 2.17. The number of para-hydroxylation sites is 1. The van der Waals surface area contributed by atoms with Gasteiger partial charge in [-0.1, -0.05) is 25.3 Å². The fraction of sp³-hybridized carbons (Fsp3) is 0.562. The molecular formula is C16H24N2O2. The maximum atomic E-state index is 12.0. The molecule has 1 aliphatic carbocycles. The van der Waals surface area contributed by atoms with Crippen LogP contribution in [-0.4, -0.2) is 19.1 Å². The van der Waals surface area contributed by atoms with Crippen molar-refractivity contribution in [3.05, 3.63) is 23.8 Å². The van der Waals surface area contributed by atoms with Gasteiger partial charge in [0.25, 0.3) is 0 Å². The fourth-order valence-electron chi connectivity index (χ4n) is 2.78. The number of anilines is 2. The van der Waals surface area contributed by atoms with Crippen molar-refractivity contribution in [3.63, 3.8) is 0 Å². The first-order valence-electron chi connectivity index (χ1n) is 7.52. The zero-order valence-electron chi connectivity index (χ0n) is 12.2. The Labute approximate surface area is 120 Å². The van der Waals surface area contributed by atoms with Gasteiger partial charge in [0.15, 0.2) is 0 Å². The minimum absolute atomic E-state index is 0.314. The first-order chi connectivity index (χ1) is 9.72. The average molecular weight is 276 g/mol. The summed E-state index contributed by atoms with van der Waals surface area (Å²) in [5.41, 5.74) is 7.85. The molecule has 1 fully saturated rings. The summed E-state index contributed by atoms with van der Waals surface area (Å²) >= 11 is 0. The summed E-state index contributed by atoms with van der Waals surface area (Å²) in [6.07, 6.45) is 6.48. The number of nitrogens with one attached hydrogen (secondary N) is 1. The van der Waals surface area contributed by atoms with E-state index in [-0.39, 0.29) is 5.97 Å². The smallest absolute Gasteiger partial charge is 0.340 e. The summed E-state index contributed by atoms with van der Waals surface area (Å²) in [5.74, 6) is 0.365. The van der Waals surface area contributed by atoms with Gasteiger partial charge in [0.2, 0.25) is 0 Å². The molecular weight excluding hydrogens is 252 g/mol. The highest BCUT2D eigenvalue weighted by atomic mass is 16.5. The van der Waals surface area contributed by atoms with Crippen molar-refractivity contribution < 1.29 is 9.53 Å². The molecule has 4 nitrogen and oxygen atoms in total. The van der Waals surface area contributed by atoms with Crippen LogP contribution in [0.3, 0.4) is 0 Å². The molecule has 1 saturated carbocycles. The molecule has 0 atom stereocenters. The molecule has 0 heterocycles. The van der Waals surface area contributed by atoms with Crippen LogP contribution >= 0.6 is 0 Å². The Bertz CT molecular complexity index is 454. The fourth-order valence-corrected chi connectivity index (χ4v) is 2.78. The van der Waals surface area contributed by atoms with E-state index in [0.717, 1.165) is 12.2 Å². The summed E-state index contributed by atoms with van der Waals surface area (Å²) in [4.78, 5) is 12.0. The van der Waals surface area contributed by atoms with Crippen LogP contribution in [0.4, 0.5) is 11.4 Å². The van der Waals surface area contributed by atoms with Gasteiger partial charge in [0.05, 0.1) is 23.5 Å². The van der Waals surface area contributed by atoms with E-state index < -0.39 is 0 Å². The Morgan fingerprint density at radius 3 is 2.80 bits per heavy atom. The van der Waals surface area contributed by atoms with Crippen molar-refractivity contribution >= 4 is 17.3 Å². The maximum absolute atomic E-state index is 12.0. The third-order valence-corrected chi connectivity index (χ3v) is 3.88. The largest absolute Gasteiger partial charge is 0.462 e. The lowest BCUT2D eigenvalue weighted by Gasteiger charge is -2.23. The third kappa shape index (κ3) is 3.65. The standard InChI is InChI=1S/C16H24N2O2/c1-2-20-16(19)13-9-6-10-14(17)15(13)18-11-12-7-4-3-5-8-12/h6,9-10,12,18H,2-5,7-8,11,17H2,1H3. The molecule has 1 aromatic carbocycles. The van der Waals surface area contributed by atoms with Crippen LogP contribution < -0.4 is 11.1 Å². The average Bonchev–Trinajstić information content (AvgIpc) is 2.47. The van der Waals surface area contributed by atoms with Gasteiger partial charge in [-0.3, -0.25) is 0 Å². The van der Waals surface area contributed by atoms with Crippen molar-refractivity contribution in [1.29, 1.82) is 0 Å². The van der Waals surface area contributed by atoms with E-state index in [4.69, 9.17) is 10.5 Å². The minimum atomic E-state index is -0.314. The molecule has 0 aromatic heterocycles. The molecule has 0 spiro atoms. The summed E-state index contributed by atoms with van der Waals surface area (Å²) in [6.45, 7) is 3.05. The SMILES string of the molecule is CCOC(=O)c1cccc(N)c1NCC1CCCCC1. The first kappa shape index (κ1) is 14.7. The van der Waals surface area contributed by atoms with Crippen molar-refractivity contribution in [2.24, 2.45) is 5.92 Å². The molecule has 0 aliphatic heterocycles. The lowest BCUT2D eigenvalue weighted by atomic mass is 9.89. The van der Waals surface area contributed by atoms with Crippen LogP contribution in [0.5, 0.6) is 0 Å². The van der Waals surface area contributed by atoms with Crippen molar-refractivity contribution in [2.75, 3.05) is 24.2 Å². The summed E-state index contributed by atoms with van der Waals surface area (Å²) < 4.78 is 5.08. The summed E-state index contributed by atoms with van der Waals surface area (Å²) in [7, 11) is 0. The number of ether oxygens (including phenoxy) is 1. The number of carbonyl (C=O) groups is 1. The van der Waals surface area contributed by atoms with Gasteiger partial charge in [-0.15, -0.1) is 0 Å². The predicted molar refractivity (Wildman–Crippen MR) is 81.9 cm³/mol. The normalized spacial score (nSPS) is 15.8. The Kier molecular flexibility index (Phi) is 5.27. The van der Waals surface area contributed by atoms with E-state index >= 15 is 0 Å². The second-order valence-electron chi connectivity index (χ2n) is 5.38. The lowest BCUT2D eigenvalue weighted by Crippen LogP contribution is -2.19. The highest BCUT2D eigenvalue weighted by Crippen LogP contribution is 2.28. The Morgan fingerprint density at radius 2 is 2.10 bits per heavy atom. The van der Waals surface area contributed by atoms with Crippen molar-refractivity contribution in [3.8, 4) is 0 Å². The van der Waals surface area contributed by atoms with Gasteiger partial charge in [0.1, 0.15) is 0 Å². The predicted octanol–water partition coefficient (Wildman–Crippen LogP) is 3.44. The van der Waals surface area contributed by atoms with Crippen molar-refractivity contribution in [2.45, 2.75) is 39.0 Å². The molecule has 0 unspecified atom stereocenters. The molecule has 0 bridgehead atoms. The van der Waals surface area contributed by atoms with Crippen LogP contribution in [0.1, 0.15) is 49.4 Å². The van der Waals surface area contributed by atoms with Gasteiger partial charge in [-0.25, -0.2) is 4.79 Å². The molecule has 0 amide bonds. The van der Waals surface area contributed by atoms with E-state index in [9.17, 15) is 4.79 Å². The zero-order chi connectivity index (χ0) is 14.4. The number of hydrogen-bond donors (Lipinski definition) is 2. The van der Waals surface area contributed by atoms with Gasteiger partial charge >= 0.3 is 5.97 Å². The number of hydrogen-bond acceptors (Lipinski definition) is 4. The first-order valence-corrected chi connectivity index (χ1v) is 7.52. The van der Waals surface area contributed by atoms with Gasteiger partial charge in [-0.2, -0.15) is 0 Å². The number of nitrogens with two attached hydrogens (primary N) is 1. The van der Waals surface area contributed by atoms with Crippen LogP contribution in [0.2, 0.25) is 0 Å². The monoisotopic (exact) mass is 276 g/mol. The molecule has 110 valence electrons. The zero-order valence-corrected chi connectivity index (χ0v) is 12.2. The lowest BCUT2D eigenvalue weighted by molar-refractivity contribution is 0.0527. The van der Waals surface area contributed by atoms with Gasteiger partial charge in [-0.05, 0) is 37.8 Å². The molecule has 20 heavy (non-hydrogen) atoms. The van der Waals surface area contributed by atoms with E-state index in [1.165, 1.54) is 32.1 Å². The van der Waals surface area contributed by atoms with Gasteiger partial charge < -0.3 is 15.8 Å². The number of carbonyl (C=O) groups excluding carboxylic acids is 1. The number of rotatable bonds is 5. The maximum Gasteiger partial charge on any atom is 0.340 e. The molecule has 3 N–H and O–H groups in total. The molecule has 0 radical (unpaired) electrons. The topological polar surface area (TPSA) is 64.3 Å². The van der Waals surface area contributed by atoms with E-state index in [1.807, 2.05) is 6.07 Å².